The zero-order chi connectivity index (χ0) is 17.1. The highest BCUT2D eigenvalue weighted by molar-refractivity contribution is 9.10. The van der Waals surface area contributed by atoms with Crippen LogP contribution in [-0.4, -0.2) is 23.3 Å². The number of aromatic nitrogens is 1. The Kier molecular flexibility index (Phi) is 4.94. The van der Waals surface area contributed by atoms with Gasteiger partial charge in [0.05, 0.1) is 0 Å². The molecular formula is C18H18BrN3O2. The van der Waals surface area contributed by atoms with Crippen LogP contribution in [0, 0.1) is 12.8 Å². The lowest BCUT2D eigenvalue weighted by Crippen LogP contribution is -2.36. The number of hydrogen-bond acceptors (Lipinski definition) is 3. The van der Waals surface area contributed by atoms with Crippen LogP contribution in [0.5, 0.6) is 0 Å². The van der Waals surface area contributed by atoms with Gasteiger partial charge in [0.2, 0.25) is 11.8 Å². The van der Waals surface area contributed by atoms with Gasteiger partial charge in [-0.15, -0.1) is 0 Å². The third kappa shape index (κ3) is 3.48. The van der Waals surface area contributed by atoms with E-state index in [-0.39, 0.29) is 11.8 Å². The molecule has 1 saturated heterocycles. The smallest absolute Gasteiger partial charge is 0.239 e. The van der Waals surface area contributed by atoms with Gasteiger partial charge in [0.25, 0.3) is 0 Å². The number of rotatable bonds is 4. The Morgan fingerprint density at radius 1 is 1.33 bits per heavy atom. The van der Waals surface area contributed by atoms with Crippen molar-refractivity contribution < 1.29 is 9.59 Å². The average molecular weight is 388 g/mol. The SMILES string of the molecule is Cc1cc(Br)ccc1N1CC[C@H](C(=O)NCc2ccncc2)C1=O. The Bertz CT molecular complexity index is 764. The predicted octanol–water partition coefficient (Wildman–Crippen LogP) is 2.82. The van der Waals surface area contributed by atoms with E-state index in [2.05, 4.69) is 26.2 Å². The number of halogens is 1. The van der Waals surface area contributed by atoms with E-state index in [1.165, 1.54) is 0 Å². The first-order valence-electron chi connectivity index (χ1n) is 7.80. The fourth-order valence-corrected chi connectivity index (χ4v) is 3.37. The number of anilines is 1. The van der Waals surface area contributed by atoms with Crippen molar-refractivity contribution in [2.75, 3.05) is 11.4 Å². The Morgan fingerprint density at radius 2 is 2.08 bits per heavy atom. The molecule has 0 bridgehead atoms. The number of amides is 2. The largest absolute Gasteiger partial charge is 0.351 e. The van der Waals surface area contributed by atoms with Crippen molar-refractivity contribution in [2.45, 2.75) is 19.9 Å². The first kappa shape index (κ1) is 16.6. The number of pyridine rings is 1. The molecule has 0 spiro atoms. The summed E-state index contributed by atoms with van der Waals surface area (Å²) >= 11 is 3.43. The normalized spacial score (nSPS) is 17.2. The Labute approximate surface area is 149 Å². The number of carbonyl (C=O) groups is 2. The van der Waals surface area contributed by atoms with Crippen LogP contribution >= 0.6 is 15.9 Å². The fraction of sp³-hybridized carbons (Fsp3) is 0.278. The predicted molar refractivity (Wildman–Crippen MR) is 95.4 cm³/mol. The average Bonchev–Trinajstić information content (AvgIpc) is 2.95. The van der Waals surface area contributed by atoms with Gasteiger partial charge >= 0.3 is 0 Å². The Balaban J connectivity index is 1.66. The molecule has 1 N–H and O–H groups in total. The second kappa shape index (κ2) is 7.13. The van der Waals surface area contributed by atoms with Gasteiger partial charge in [0.1, 0.15) is 5.92 Å². The topological polar surface area (TPSA) is 62.3 Å². The fourth-order valence-electron chi connectivity index (χ4n) is 2.90. The summed E-state index contributed by atoms with van der Waals surface area (Å²) in [5, 5.41) is 2.85. The first-order valence-corrected chi connectivity index (χ1v) is 8.59. The summed E-state index contributed by atoms with van der Waals surface area (Å²) in [6.07, 6.45) is 3.90. The molecule has 124 valence electrons. The number of nitrogens with zero attached hydrogens (tertiary/aromatic N) is 2. The molecular weight excluding hydrogens is 370 g/mol. The van der Waals surface area contributed by atoms with Crippen molar-refractivity contribution in [3.63, 3.8) is 0 Å². The highest BCUT2D eigenvalue weighted by Gasteiger charge is 2.37. The van der Waals surface area contributed by atoms with E-state index in [9.17, 15) is 9.59 Å². The molecule has 1 aliphatic heterocycles. The van der Waals surface area contributed by atoms with Gasteiger partial charge in [-0.1, -0.05) is 15.9 Å². The van der Waals surface area contributed by atoms with Crippen molar-refractivity contribution in [3.8, 4) is 0 Å². The summed E-state index contributed by atoms with van der Waals surface area (Å²) in [5.74, 6) is -0.961. The molecule has 24 heavy (non-hydrogen) atoms. The van der Waals surface area contributed by atoms with Crippen LogP contribution in [0.15, 0.2) is 47.2 Å². The van der Waals surface area contributed by atoms with E-state index < -0.39 is 5.92 Å². The summed E-state index contributed by atoms with van der Waals surface area (Å²) in [6.45, 7) is 2.93. The maximum absolute atomic E-state index is 12.6. The molecule has 0 aliphatic carbocycles. The number of aryl methyl sites for hydroxylation is 1. The standard InChI is InChI=1S/C18H18BrN3O2/c1-12-10-14(19)2-3-16(12)22-9-6-15(18(22)24)17(23)21-11-13-4-7-20-8-5-13/h2-5,7-8,10,15H,6,9,11H2,1H3,(H,21,23)/t15-/m1/s1. The molecule has 1 aromatic heterocycles. The van der Waals surface area contributed by atoms with Gasteiger partial charge in [-0.05, 0) is 54.8 Å². The van der Waals surface area contributed by atoms with E-state index in [4.69, 9.17) is 0 Å². The molecule has 2 amide bonds. The molecule has 1 fully saturated rings. The van der Waals surface area contributed by atoms with Crippen molar-refractivity contribution in [3.05, 3.63) is 58.3 Å². The summed E-state index contributed by atoms with van der Waals surface area (Å²) in [6, 6.07) is 9.48. The molecule has 2 heterocycles. The minimum Gasteiger partial charge on any atom is -0.351 e. The molecule has 0 saturated carbocycles. The molecule has 0 unspecified atom stereocenters. The van der Waals surface area contributed by atoms with Crippen LogP contribution < -0.4 is 10.2 Å². The third-order valence-corrected chi connectivity index (χ3v) is 4.68. The molecule has 2 aromatic rings. The lowest BCUT2D eigenvalue weighted by molar-refractivity contribution is -0.132. The molecule has 3 rings (SSSR count). The number of hydrogen-bond donors (Lipinski definition) is 1. The van der Waals surface area contributed by atoms with Gasteiger partial charge in [-0.2, -0.15) is 0 Å². The maximum Gasteiger partial charge on any atom is 0.239 e. The quantitative estimate of drug-likeness (QED) is 0.820. The molecule has 6 heteroatoms. The van der Waals surface area contributed by atoms with Gasteiger partial charge in [-0.3, -0.25) is 14.6 Å². The monoisotopic (exact) mass is 387 g/mol. The van der Waals surface area contributed by atoms with Crippen molar-refractivity contribution in [1.82, 2.24) is 10.3 Å². The van der Waals surface area contributed by atoms with Crippen LogP contribution in [0.25, 0.3) is 0 Å². The summed E-state index contributed by atoms with van der Waals surface area (Å²) in [5.41, 5.74) is 2.84. The van der Waals surface area contributed by atoms with E-state index in [1.807, 2.05) is 37.3 Å². The minimum atomic E-state index is -0.616. The maximum atomic E-state index is 12.6. The number of carbonyl (C=O) groups excluding carboxylic acids is 2. The van der Waals surface area contributed by atoms with Crippen molar-refractivity contribution in [1.29, 1.82) is 0 Å². The highest BCUT2D eigenvalue weighted by atomic mass is 79.9. The van der Waals surface area contributed by atoms with Crippen LogP contribution in [0.2, 0.25) is 0 Å². The zero-order valence-corrected chi connectivity index (χ0v) is 14.9. The minimum absolute atomic E-state index is 0.132. The van der Waals surface area contributed by atoms with E-state index in [1.54, 1.807) is 17.3 Å². The lowest BCUT2D eigenvalue weighted by atomic mass is 10.1. The van der Waals surface area contributed by atoms with Crippen LogP contribution in [0.3, 0.4) is 0 Å². The van der Waals surface area contributed by atoms with E-state index >= 15 is 0 Å². The molecule has 1 aromatic carbocycles. The summed E-state index contributed by atoms with van der Waals surface area (Å²) in [4.78, 5) is 30.7. The van der Waals surface area contributed by atoms with E-state index in [0.29, 0.717) is 19.5 Å². The summed E-state index contributed by atoms with van der Waals surface area (Å²) in [7, 11) is 0. The number of benzene rings is 1. The van der Waals surface area contributed by atoms with Crippen LogP contribution in [0.1, 0.15) is 17.5 Å². The molecule has 1 atom stereocenters. The highest BCUT2D eigenvalue weighted by Crippen LogP contribution is 2.29. The first-order chi connectivity index (χ1) is 11.6. The van der Waals surface area contributed by atoms with E-state index in [0.717, 1.165) is 21.3 Å². The van der Waals surface area contributed by atoms with Gasteiger partial charge in [0, 0.05) is 35.6 Å². The second-order valence-electron chi connectivity index (χ2n) is 5.84. The Morgan fingerprint density at radius 3 is 2.79 bits per heavy atom. The molecule has 1 aliphatic rings. The van der Waals surface area contributed by atoms with Crippen molar-refractivity contribution in [2.24, 2.45) is 5.92 Å². The van der Waals surface area contributed by atoms with Crippen LogP contribution in [-0.2, 0) is 16.1 Å². The van der Waals surface area contributed by atoms with Gasteiger partial charge in [0.15, 0.2) is 0 Å². The second-order valence-corrected chi connectivity index (χ2v) is 6.75. The molecule has 5 nitrogen and oxygen atoms in total. The Hall–Kier alpha value is -2.21. The van der Waals surface area contributed by atoms with Crippen LogP contribution in [0.4, 0.5) is 5.69 Å². The van der Waals surface area contributed by atoms with Crippen molar-refractivity contribution >= 4 is 33.4 Å². The third-order valence-electron chi connectivity index (χ3n) is 4.19. The van der Waals surface area contributed by atoms with Gasteiger partial charge in [-0.25, -0.2) is 0 Å². The number of nitrogens with one attached hydrogen (secondary N) is 1. The zero-order valence-electron chi connectivity index (χ0n) is 13.3. The molecule has 0 radical (unpaired) electrons. The summed E-state index contributed by atoms with van der Waals surface area (Å²) < 4.78 is 0.974. The lowest BCUT2D eigenvalue weighted by Gasteiger charge is -2.19. The van der Waals surface area contributed by atoms with Gasteiger partial charge < -0.3 is 10.2 Å².